The zero-order chi connectivity index (χ0) is 16.4. The number of para-hydroxylation sites is 1. The lowest BCUT2D eigenvalue weighted by atomic mass is 10.3. The first-order chi connectivity index (χ1) is 10.9. The number of hydrogen-bond donors (Lipinski definition) is 2. The van der Waals surface area contributed by atoms with Crippen LogP contribution in [-0.2, 0) is 16.6 Å². The Hall–Kier alpha value is -2.19. The van der Waals surface area contributed by atoms with Crippen LogP contribution in [0, 0.1) is 6.92 Å². The molecule has 8 heteroatoms. The van der Waals surface area contributed by atoms with E-state index in [2.05, 4.69) is 20.1 Å². The quantitative estimate of drug-likeness (QED) is 0.863. The van der Waals surface area contributed by atoms with Crippen molar-refractivity contribution in [2.75, 3.05) is 11.9 Å². The molecule has 0 saturated carbocycles. The molecule has 0 unspecified atom stereocenters. The number of benzene rings is 1. The van der Waals surface area contributed by atoms with Gasteiger partial charge >= 0.3 is 0 Å². The van der Waals surface area contributed by atoms with E-state index in [1.807, 2.05) is 30.9 Å². The van der Waals surface area contributed by atoms with Crippen LogP contribution in [0.4, 0.5) is 5.69 Å². The van der Waals surface area contributed by atoms with Gasteiger partial charge in [0.1, 0.15) is 10.7 Å². The van der Waals surface area contributed by atoms with Crippen LogP contribution < -0.4 is 10.6 Å². The van der Waals surface area contributed by atoms with Crippen LogP contribution in [0.15, 0.2) is 46.0 Å². The Kier molecular flexibility index (Phi) is 4.18. The lowest BCUT2D eigenvalue weighted by molar-refractivity contribution is 0.472. The Bertz CT molecular complexity index is 841. The zero-order valence-corrected chi connectivity index (χ0v) is 13.8. The van der Waals surface area contributed by atoms with E-state index in [1.54, 1.807) is 24.3 Å². The first-order valence-electron chi connectivity index (χ1n) is 7.36. The van der Waals surface area contributed by atoms with Crippen molar-refractivity contribution < 1.29 is 8.42 Å². The summed E-state index contributed by atoms with van der Waals surface area (Å²) in [5.41, 5.74) is 1.67. The van der Waals surface area contributed by atoms with Crippen LogP contribution in [0.3, 0.4) is 0 Å². The molecule has 0 fully saturated rings. The number of amidine groups is 1. The highest BCUT2D eigenvalue weighted by atomic mass is 32.2. The summed E-state index contributed by atoms with van der Waals surface area (Å²) in [5.74, 6) is 0.396. The maximum absolute atomic E-state index is 12.2. The second-order valence-electron chi connectivity index (χ2n) is 5.66. The van der Waals surface area contributed by atoms with Crippen LogP contribution >= 0.6 is 0 Å². The summed E-state index contributed by atoms with van der Waals surface area (Å²) in [6.45, 7) is 5.05. The third-order valence-electron chi connectivity index (χ3n) is 3.52. The highest BCUT2D eigenvalue weighted by Gasteiger charge is 2.24. The van der Waals surface area contributed by atoms with Crippen LogP contribution in [0.25, 0.3) is 0 Å². The molecule has 1 aromatic heterocycles. The molecule has 7 nitrogen and oxygen atoms in total. The van der Waals surface area contributed by atoms with Crippen molar-refractivity contribution in [1.29, 1.82) is 0 Å². The molecule has 1 aliphatic heterocycles. The minimum atomic E-state index is -3.63. The minimum Gasteiger partial charge on any atom is -0.341 e. The van der Waals surface area contributed by atoms with E-state index >= 15 is 0 Å². The number of anilines is 1. The number of rotatable bonds is 5. The molecule has 23 heavy (non-hydrogen) atoms. The highest BCUT2D eigenvalue weighted by Crippen LogP contribution is 2.26. The molecule has 2 N–H and O–H groups in total. The van der Waals surface area contributed by atoms with Crippen molar-refractivity contribution in [3.05, 3.63) is 42.2 Å². The van der Waals surface area contributed by atoms with Crippen molar-refractivity contribution >= 4 is 21.5 Å². The standard InChI is InChI=1S/C15H19N5O2S/c1-11-7-17-20(9-11)10-12(2)16-8-15-18-13-5-3-4-6-14(13)23(21,22)19-15/h3-7,9,12,16H,8,10H2,1-2H3,(H,18,19)/t12-/m1/s1. The van der Waals surface area contributed by atoms with Gasteiger partial charge in [-0.15, -0.1) is 4.40 Å². The van der Waals surface area contributed by atoms with E-state index in [0.29, 0.717) is 24.6 Å². The molecule has 0 bridgehead atoms. The third-order valence-corrected chi connectivity index (χ3v) is 4.89. The van der Waals surface area contributed by atoms with E-state index in [0.717, 1.165) is 5.56 Å². The third kappa shape index (κ3) is 3.59. The van der Waals surface area contributed by atoms with E-state index < -0.39 is 10.0 Å². The molecule has 0 spiro atoms. The minimum absolute atomic E-state index is 0.124. The molecule has 2 heterocycles. The van der Waals surface area contributed by atoms with E-state index in [-0.39, 0.29) is 10.9 Å². The largest absolute Gasteiger partial charge is 0.341 e. The average molecular weight is 333 g/mol. The van der Waals surface area contributed by atoms with Gasteiger partial charge in [-0.05, 0) is 31.5 Å². The summed E-state index contributed by atoms with van der Waals surface area (Å²) in [5, 5.41) is 10.6. The fraction of sp³-hybridized carbons (Fsp3) is 0.333. The van der Waals surface area contributed by atoms with Gasteiger partial charge in [0.15, 0.2) is 0 Å². The Morgan fingerprint density at radius 2 is 2.13 bits per heavy atom. The Morgan fingerprint density at radius 3 is 2.87 bits per heavy atom. The Labute approximate surface area is 135 Å². The average Bonchev–Trinajstić information content (AvgIpc) is 2.90. The maximum atomic E-state index is 12.2. The van der Waals surface area contributed by atoms with Crippen LogP contribution in [0.2, 0.25) is 0 Å². The van der Waals surface area contributed by atoms with Crippen molar-refractivity contribution in [2.45, 2.75) is 31.3 Å². The smallest absolute Gasteiger partial charge is 0.286 e. The van der Waals surface area contributed by atoms with Gasteiger partial charge in [-0.3, -0.25) is 4.68 Å². The van der Waals surface area contributed by atoms with Gasteiger partial charge in [0.25, 0.3) is 10.0 Å². The molecule has 3 rings (SSSR count). The molecule has 0 radical (unpaired) electrons. The fourth-order valence-corrected chi connectivity index (χ4v) is 3.57. The highest BCUT2D eigenvalue weighted by molar-refractivity contribution is 7.90. The molecular weight excluding hydrogens is 314 g/mol. The monoisotopic (exact) mass is 333 g/mol. The summed E-state index contributed by atoms with van der Waals surface area (Å²) in [6.07, 6.45) is 3.78. The topological polar surface area (TPSA) is 88.4 Å². The van der Waals surface area contributed by atoms with Gasteiger partial charge in [0.2, 0.25) is 0 Å². The molecule has 1 atom stereocenters. The van der Waals surface area contributed by atoms with E-state index in [4.69, 9.17) is 0 Å². The Morgan fingerprint density at radius 1 is 1.35 bits per heavy atom. The van der Waals surface area contributed by atoms with Crippen LogP contribution in [0.1, 0.15) is 12.5 Å². The summed E-state index contributed by atoms with van der Waals surface area (Å²) >= 11 is 0. The summed E-state index contributed by atoms with van der Waals surface area (Å²) in [7, 11) is -3.63. The maximum Gasteiger partial charge on any atom is 0.286 e. The van der Waals surface area contributed by atoms with Crippen molar-refractivity contribution in [3.63, 3.8) is 0 Å². The van der Waals surface area contributed by atoms with Crippen LogP contribution in [-0.4, -0.2) is 36.6 Å². The lowest BCUT2D eigenvalue weighted by Crippen LogP contribution is -2.38. The number of fused-ring (bicyclic) bond motifs is 1. The first-order valence-corrected chi connectivity index (χ1v) is 8.80. The summed E-state index contributed by atoms with van der Waals surface area (Å²) in [4.78, 5) is 0.212. The van der Waals surface area contributed by atoms with Gasteiger partial charge < -0.3 is 10.6 Å². The van der Waals surface area contributed by atoms with Crippen LogP contribution in [0.5, 0.6) is 0 Å². The SMILES string of the molecule is Cc1cnn(C[C@@H](C)NCC2=NS(=O)(=O)c3ccccc3N2)c1. The van der Waals surface area contributed by atoms with Crippen molar-refractivity contribution in [3.8, 4) is 0 Å². The summed E-state index contributed by atoms with van der Waals surface area (Å²) < 4.78 is 30.0. The molecular formula is C15H19N5O2S. The zero-order valence-electron chi connectivity index (χ0n) is 13.0. The number of nitrogens with zero attached hydrogens (tertiary/aromatic N) is 3. The molecule has 0 amide bonds. The van der Waals surface area contributed by atoms with E-state index in [9.17, 15) is 8.42 Å². The number of nitrogens with one attached hydrogen (secondary N) is 2. The van der Waals surface area contributed by atoms with Gasteiger partial charge in [0, 0.05) is 12.2 Å². The molecule has 0 saturated heterocycles. The number of hydrogen-bond acceptors (Lipinski definition) is 5. The second kappa shape index (κ2) is 6.13. The fourth-order valence-electron chi connectivity index (χ4n) is 2.43. The summed E-state index contributed by atoms with van der Waals surface area (Å²) in [6, 6.07) is 6.88. The second-order valence-corrected chi connectivity index (χ2v) is 7.23. The molecule has 1 aromatic carbocycles. The van der Waals surface area contributed by atoms with Crippen molar-refractivity contribution in [1.82, 2.24) is 15.1 Å². The van der Waals surface area contributed by atoms with Gasteiger partial charge in [-0.2, -0.15) is 13.5 Å². The molecule has 0 aliphatic carbocycles. The van der Waals surface area contributed by atoms with Gasteiger partial charge in [0.05, 0.1) is 25.0 Å². The van der Waals surface area contributed by atoms with E-state index in [1.165, 1.54) is 0 Å². The number of aromatic nitrogens is 2. The van der Waals surface area contributed by atoms with Gasteiger partial charge in [-0.25, -0.2) is 0 Å². The predicted molar refractivity (Wildman–Crippen MR) is 89.1 cm³/mol. The Balaban J connectivity index is 1.64. The molecule has 2 aromatic rings. The predicted octanol–water partition coefficient (Wildman–Crippen LogP) is 1.38. The number of aryl methyl sites for hydroxylation is 1. The number of sulfonamides is 1. The molecule has 1 aliphatic rings. The van der Waals surface area contributed by atoms with Gasteiger partial charge in [-0.1, -0.05) is 12.1 Å². The normalized spacial score (nSPS) is 17.0. The molecule has 122 valence electrons. The van der Waals surface area contributed by atoms with Crippen molar-refractivity contribution in [2.24, 2.45) is 4.40 Å². The lowest BCUT2D eigenvalue weighted by Gasteiger charge is -2.20. The first kappa shape index (κ1) is 15.7.